The zero-order chi connectivity index (χ0) is 29.1. The Labute approximate surface area is 234 Å². The van der Waals surface area contributed by atoms with Crippen LogP contribution < -0.4 is 5.73 Å². The molecule has 2 aromatic heterocycles. The lowest BCUT2D eigenvalue weighted by atomic mass is 9.80. The Hall–Kier alpha value is -4.35. The van der Waals surface area contributed by atoms with Gasteiger partial charge in [-0.05, 0) is 48.6 Å². The highest BCUT2D eigenvalue weighted by atomic mass is 19.4. The summed E-state index contributed by atoms with van der Waals surface area (Å²) in [7, 11) is 0. The standard InChI is InChI=1S/C29H29F3N6O3/c1-2-26(40)36-10-8-20-27-22(38(35-20)21-7-6-17(12-24(21)39)16-4-3-5-16)9-11-37(23(27)15-36)28(41)18-14-34-25(13-19(18)33)29(30,31)32/h2,6-7,12-14,16,23,39H,1,3-5,8-11,15H2,(H2,33,34). The zero-order valence-electron chi connectivity index (χ0n) is 22.2. The first-order valence-corrected chi connectivity index (χ1v) is 13.6. The van der Waals surface area contributed by atoms with Gasteiger partial charge in [0.15, 0.2) is 0 Å². The molecule has 1 fully saturated rings. The van der Waals surface area contributed by atoms with Crippen LogP contribution in [0.15, 0.2) is 43.1 Å². The van der Waals surface area contributed by atoms with E-state index in [1.54, 1.807) is 15.6 Å². The van der Waals surface area contributed by atoms with Crippen LogP contribution in [0.25, 0.3) is 5.69 Å². The number of halogens is 3. The number of nitrogens with zero attached hydrogens (tertiary/aromatic N) is 5. The Morgan fingerprint density at radius 1 is 1.15 bits per heavy atom. The monoisotopic (exact) mass is 566 g/mol. The Bertz CT molecular complexity index is 1560. The summed E-state index contributed by atoms with van der Waals surface area (Å²) in [5, 5.41) is 15.8. The minimum Gasteiger partial charge on any atom is -0.506 e. The number of benzene rings is 1. The second kappa shape index (κ2) is 9.93. The van der Waals surface area contributed by atoms with Gasteiger partial charge in [-0.2, -0.15) is 18.3 Å². The number of carbonyl (C=O) groups excluding carboxylic acids is 2. The number of amides is 2. The van der Waals surface area contributed by atoms with Gasteiger partial charge in [0.05, 0.1) is 23.0 Å². The molecule has 0 spiro atoms. The molecule has 1 saturated carbocycles. The Morgan fingerprint density at radius 3 is 2.56 bits per heavy atom. The Kier molecular flexibility index (Phi) is 6.50. The third-order valence-electron chi connectivity index (χ3n) is 8.42. The molecule has 1 aliphatic carbocycles. The van der Waals surface area contributed by atoms with Crippen molar-refractivity contribution in [3.63, 3.8) is 0 Å². The molecule has 3 aromatic rings. The number of nitrogen functional groups attached to an aromatic ring is 1. The highest BCUT2D eigenvalue weighted by Crippen LogP contribution is 2.41. The van der Waals surface area contributed by atoms with E-state index in [2.05, 4.69) is 11.6 Å². The number of anilines is 1. The number of rotatable bonds is 4. The summed E-state index contributed by atoms with van der Waals surface area (Å²) >= 11 is 0. The zero-order valence-corrected chi connectivity index (χ0v) is 22.2. The normalized spacial score (nSPS) is 18.9. The number of alkyl halides is 3. The quantitative estimate of drug-likeness (QED) is 0.459. The highest BCUT2D eigenvalue weighted by Gasteiger charge is 2.41. The number of carbonyl (C=O) groups is 2. The number of pyridine rings is 1. The SMILES string of the molecule is C=CC(=O)N1CCc2nn(-c3ccc(C4CCC4)cc3O)c3c2C(C1)N(C(=O)c1cnc(C(F)(F)F)cc1N)CC3. The van der Waals surface area contributed by atoms with Gasteiger partial charge in [-0.25, -0.2) is 4.68 Å². The molecule has 1 aromatic carbocycles. The minimum absolute atomic E-state index is 0.116. The van der Waals surface area contributed by atoms with Crippen LogP contribution in [0.5, 0.6) is 5.75 Å². The molecular formula is C29H29F3N6O3. The summed E-state index contributed by atoms with van der Waals surface area (Å²) in [6.45, 7) is 4.26. The molecule has 1 unspecified atom stereocenters. The molecule has 41 heavy (non-hydrogen) atoms. The molecule has 4 heterocycles. The number of phenols is 1. The van der Waals surface area contributed by atoms with Gasteiger partial charge in [-0.1, -0.05) is 19.1 Å². The van der Waals surface area contributed by atoms with Crippen molar-refractivity contribution in [3.8, 4) is 11.4 Å². The summed E-state index contributed by atoms with van der Waals surface area (Å²) in [6.07, 6.45) is 1.53. The number of nitrogens with two attached hydrogens (primary N) is 1. The fourth-order valence-electron chi connectivity index (χ4n) is 6.04. The third-order valence-corrected chi connectivity index (χ3v) is 8.42. The molecule has 12 heteroatoms. The lowest BCUT2D eigenvalue weighted by molar-refractivity contribution is -0.141. The predicted molar refractivity (Wildman–Crippen MR) is 143 cm³/mol. The van der Waals surface area contributed by atoms with E-state index in [0.29, 0.717) is 42.8 Å². The van der Waals surface area contributed by atoms with Gasteiger partial charge >= 0.3 is 6.18 Å². The van der Waals surface area contributed by atoms with Crippen LogP contribution in [0.2, 0.25) is 0 Å². The van der Waals surface area contributed by atoms with Crippen molar-refractivity contribution in [2.75, 3.05) is 25.4 Å². The number of aromatic hydroxyl groups is 1. The van der Waals surface area contributed by atoms with Gasteiger partial charge in [-0.3, -0.25) is 14.6 Å². The van der Waals surface area contributed by atoms with E-state index in [-0.39, 0.29) is 36.0 Å². The molecule has 3 aliphatic rings. The average Bonchev–Trinajstić information content (AvgIpc) is 3.15. The molecular weight excluding hydrogens is 537 g/mol. The molecule has 214 valence electrons. The van der Waals surface area contributed by atoms with E-state index in [0.717, 1.165) is 35.9 Å². The van der Waals surface area contributed by atoms with Gasteiger partial charge in [-0.15, -0.1) is 0 Å². The van der Waals surface area contributed by atoms with Crippen molar-refractivity contribution in [2.45, 2.75) is 50.2 Å². The van der Waals surface area contributed by atoms with Crippen LogP contribution in [0.1, 0.15) is 69.8 Å². The average molecular weight is 567 g/mol. The van der Waals surface area contributed by atoms with Crippen LogP contribution in [-0.4, -0.2) is 61.1 Å². The molecule has 2 amide bonds. The smallest absolute Gasteiger partial charge is 0.433 e. The van der Waals surface area contributed by atoms with Crippen LogP contribution in [0, 0.1) is 0 Å². The van der Waals surface area contributed by atoms with Crippen molar-refractivity contribution in [1.29, 1.82) is 0 Å². The summed E-state index contributed by atoms with van der Waals surface area (Å²) in [5.41, 5.74) is 8.14. The molecule has 6 rings (SSSR count). The van der Waals surface area contributed by atoms with Crippen molar-refractivity contribution in [2.24, 2.45) is 0 Å². The highest BCUT2D eigenvalue weighted by molar-refractivity contribution is 5.99. The maximum absolute atomic E-state index is 13.8. The van der Waals surface area contributed by atoms with Crippen molar-refractivity contribution < 1.29 is 27.9 Å². The molecule has 3 N–H and O–H groups in total. The topological polar surface area (TPSA) is 118 Å². The van der Waals surface area contributed by atoms with Crippen LogP contribution in [0.4, 0.5) is 18.9 Å². The first-order valence-electron chi connectivity index (χ1n) is 13.6. The van der Waals surface area contributed by atoms with Gasteiger partial charge in [0.1, 0.15) is 17.1 Å². The number of hydrogen-bond acceptors (Lipinski definition) is 6. The summed E-state index contributed by atoms with van der Waals surface area (Å²) in [6, 6.07) is 5.68. The molecule has 2 aliphatic heterocycles. The van der Waals surface area contributed by atoms with Gasteiger partial charge in [0.2, 0.25) is 5.91 Å². The van der Waals surface area contributed by atoms with E-state index in [1.165, 1.54) is 17.4 Å². The first-order chi connectivity index (χ1) is 19.6. The molecule has 0 bridgehead atoms. The second-order valence-electron chi connectivity index (χ2n) is 10.8. The summed E-state index contributed by atoms with van der Waals surface area (Å²) < 4.78 is 41.2. The molecule has 1 atom stereocenters. The van der Waals surface area contributed by atoms with E-state index in [4.69, 9.17) is 10.8 Å². The summed E-state index contributed by atoms with van der Waals surface area (Å²) in [4.78, 5) is 32.9. The maximum atomic E-state index is 13.8. The maximum Gasteiger partial charge on any atom is 0.433 e. The molecule has 9 nitrogen and oxygen atoms in total. The lowest BCUT2D eigenvalue weighted by Crippen LogP contribution is -2.46. The van der Waals surface area contributed by atoms with E-state index in [9.17, 15) is 27.9 Å². The van der Waals surface area contributed by atoms with Crippen molar-refractivity contribution in [1.82, 2.24) is 24.6 Å². The number of aromatic nitrogens is 3. The number of hydrogen-bond donors (Lipinski definition) is 2. The molecule has 0 radical (unpaired) electrons. The predicted octanol–water partition coefficient (Wildman–Crippen LogP) is 4.15. The van der Waals surface area contributed by atoms with Crippen molar-refractivity contribution in [3.05, 3.63) is 76.9 Å². The Morgan fingerprint density at radius 2 is 1.93 bits per heavy atom. The first kappa shape index (κ1) is 26.9. The van der Waals surface area contributed by atoms with Crippen LogP contribution >= 0.6 is 0 Å². The largest absolute Gasteiger partial charge is 0.506 e. The van der Waals surface area contributed by atoms with Crippen LogP contribution in [-0.2, 0) is 23.8 Å². The van der Waals surface area contributed by atoms with E-state index < -0.39 is 23.8 Å². The lowest BCUT2D eigenvalue weighted by Gasteiger charge is -2.38. The van der Waals surface area contributed by atoms with Gasteiger partial charge < -0.3 is 20.6 Å². The minimum atomic E-state index is -4.70. The van der Waals surface area contributed by atoms with Gasteiger partial charge in [0.25, 0.3) is 5.91 Å². The fraction of sp³-hybridized carbons (Fsp3) is 0.379. The number of phenolic OH excluding ortho intramolecular Hbond substituents is 1. The van der Waals surface area contributed by atoms with Crippen LogP contribution in [0.3, 0.4) is 0 Å². The second-order valence-corrected chi connectivity index (χ2v) is 10.8. The van der Waals surface area contributed by atoms with E-state index >= 15 is 0 Å². The third kappa shape index (κ3) is 4.60. The fourth-order valence-corrected chi connectivity index (χ4v) is 6.04. The molecule has 0 saturated heterocycles. The Balaban J connectivity index is 1.40. The van der Waals surface area contributed by atoms with Gasteiger partial charge in [0, 0.05) is 49.9 Å². The van der Waals surface area contributed by atoms with Crippen molar-refractivity contribution >= 4 is 17.5 Å². The van der Waals surface area contributed by atoms with E-state index in [1.807, 2.05) is 12.1 Å². The summed E-state index contributed by atoms with van der Waals surface area (Å²) in [5.74, 6) is -0.321.